The Balaban J connectivity index is 1.45. The van der Waals surface area contributed by atoms with Crippen LogP contribution in [-0.2, 0) is 11.3 Å². The van der Waals surface area contributed by atoms with Gasteiger partial charge in [-0.15, -0.1) is 0 Å². The van der Waals surface area contributed by atoms with Gasteiger partial charge in [0.25, 0.3) is 0 Å². The summed E-state index contributed by atoms with van der Waals surface area (Å²) < 4.78 is 0. The molecule has 130 valence electrons. The summed E-state index contributed by atoms with van der Waals surface area (Å²) in [6, 6.07) is 8.13. The maximum atomic E-state index is 13.0. The number of amides is 1. The molecule has 4 heteroatoms. The Hall–Kier alpha value is -1.06. The van der Waals surface area contributed by atoms with Gasteiger partial charge in [0, 0.05) is 24.7 Å². The third-order valence-corrected chi connectivity index (χ3v) is 6.36. The number of halogens is 1. The molecule has 0 aromatic heterocycles. The summed E-state index contributed by atoms with van der Waals surface area (Å²) in [4.78, 5) is 17.6. The van der Waals surface area contributed by atoms with Crippen molar-refractivity contribution in [1.29, 1.82) is 0 Å². The Kier molecular flexibility index (Phi) is 4.82. The van der Waals surface area contributed by atoms with Crippen molar-refractivity contribution < 1.29 is 4.79 Å². The van der Waals surface area contributed by atoms with Crippen LogP contribution in [0.5, 0.6) is 0 Å². The minimum atomic E-state index is 0.0814. The number of hydrogen-bond donors (Lipinski definition) is 0. The first kappa shape index (κ1) is 16.4. The maximum absolute atomic E-state index is 13.0. The van der Waals surface area contributed by atoms with E-state index < -0.39 is 0 Å². The standard InChI is InChI=1S/C20H27ClN2O/c21-18-7-3-6-16(10-18)13-22-9-8-17-11-19(22)20(24)23(14-17)12-15-4-1-2-5-15/h3,6-7,10,15,17,19H,1-2,4-5,8-9,11-14H2/t17-,19+/m0/s1. The van der Waals surface area contributed by atoms with Crippen LogP contribution in [0.4, 0.5) is 0 Å². The number of piperidine rings is 2. The lowest BCUT2D eigenvalue weighted by Gasteiger charge is -2.47. The molecule has 24 heavy (non-hydrogen) atoms. The van der Waals surface area contributed by atoms with Crippen molar-refractivity contribution in [3.05, 3.63) is 34.9 Å². The zero-order valence-electron chi connectivity index (χ0n) is 14.3. The first-order valence-corrected chi connectivity index (χ1v) is 9.84. The molecule has 1 aliphatic carbocycles. The average molecular weight is 347 g/mol. The van der Waals surface area contributed by atoms with Gasteiger partial charge in [-0.05, 0) is 61.8 Å². The third kappa shape index (κ3) is 3.48. The number of nitrogens with zero attached hydrogens (tertiary/aromatic N) is 2. The number of carbonyl (C=O) groups excluding carboxylic acids is 1. The van der Waals surface area contributed by atoms with Crippen molar-refractivity contribution in [3.8, 4) is 0 Å². The lowest BCUT2D eigenvalue weighted by molar-refractivity contribution is -0.146. The molecule has 2 heterocycles. The molecule has 1 aromatic rings. The zero-order valence-corrected chi connectivity index (χ0v) is 15.0. The van der Waals surface area contributed by atoms with E-state index in [1.807, 2.05) is 18.2 Å². The van der Waals surface area contributed by atoms with Crippen LogP contribution in [0.2, 0.25) is 5.02 Å². The second kappa shape index (κ2) is 7.05. The highest BCUT2D eigenvalue weighted by Crippen LogP contribution is 2.33. The van der Waals surface area contributed by atoms with Crippen molar-refractivity contribution in [2.45, 2.75) is 51.1 Å². The summed E-state index contributed by atoms with van der Waals surface area (Å²) in [5.74, 6) is 1.82. The fourth-order valence-electron chi connectivity index (χ4n) is 4.85. The fraction of sp³-hybridized carbons (Fsp3) is 0.650. The molecule has 3 nitrogen and oxygen atoms in total. The molecule has 4 rings (SSSR count). The Morgan fingerprint density at radius 2 is 2.00 bits per heavy atom. The van der Waals surface area contributed by atoms with Gasteiger partial charge in [0.05, 0.1) is 6.04 Å². The van der Waals surface area contributed by atoms with Crippen LogP contribution in [-0.4, -0.2) is 41.4 Å². The molecule has 2 aliphatic heterocycles. The van der Waals surface area contributed by atoms with Gasteiger partial charge in [0.15, 0.2) is 0 Å². The largest absolute Gasteiger partial charge is 0.341 e. The Labute approximate surface area is 150 Å². The van der Waals surface area contributed by atoms with E-state index >= 15 is 0 Å². The lowest BCUT2D eigenvalue weighted by atomic mass is 9.85. The Morgan fingerprint density at radius 1 is 1.17 bits per heavy atom. The molecule has 2 saturated heterocycles. The number of fused-ring (bicyclic) bond motifs is 2. The van der Waals surface area contributed by atoms with E-state index in [0.717, 1.165) is 43.5 Å². The van der Waals surface area contributed by atoms with Gasteiger partial charge >= 0.3 is 0 Å². The summed E-state index contributed by atoms with van der Waals surface area (Å²) in [5.41, 5.74) is 1.21. The zero-order chi connectivity index (χ0) is 16.5. The quantitative estimate of drug-likeness (QED) is 0.824. The molecule has 2 bridgehead atoms. The van der Waals surface area contributed by atoms with Gasteiger partial charge in [-0.25, -0.2) is 0 Å². The van der Waals surface area contributed by atoms with E-state index in [9.17, 15) is 4.79 Å². The highest BCUT2D eigenvalue weighted by molar-refractivity contribution is 6.30. The molecule has 0 spiro atoms. The number of hydrogen-bond acceptors (Lipinski definition) is 2. The predicted octanol–water partition coefficient (Wildman–Crippen LogP) is 3.95. The van der Waals surface area contributed by atoms with E-state index in [1.165, 1.54) is 37.7 Å². The first-order valence-electron chi connectivity index (χ1n) is 9.46. The molecule has 3 aliphatic rings. The molecule has 0 radical (unpaired) electrons. The van der Waals surface area contributed by atoms with Crippen molar-refractivity contribution in [2.75, 3.05) is 19.6 Å². The maximum Gasteiger partial charge on any atom is 0.239 e. The van der Waals surface area contributed by atoms with Crippen LogP contribution in [0.3, 0.4) is 0 Å². The fourth-order valence-corrected chi connectivity index (χ4v) is 5.06. The van der Waals surface area contributed by atoms with E-state index in [4.69, 9.17) is 11.6 Å². The minimum absolute atomic E-state index is 0.0814. The van der Waals surface area contributed by atoms with Crippen LogP contribution < -0.4 is 0 Å². The summed E-state index contributed by atoms with van der Waals surface area (Å²) in [7, 11) is 0. The molecule has 1 aromatic carbocycles. The van der Waals surface area contributed by atoms with E-state index in [1.54, 1.807) is 0 Å². The molecule has 1 saturated carbocycles. The second-order valence-electron chi connectivity index (χ2n) is 7.90. The number of rotatable bonds is 4. The Bertz CT molecular complexity index is 599. The van der Waals surface area contributed by atoms with Crippen LogP contribution >= 0.6 is 11.6 Å². The summed E-state index contributed by atoms with van der Waals surface area (Å²) in [6.45, 7) is 3.86. The monoisotopic (exact) mass is 346 g/mol. The predicted molar refractivity (Wildman–Crippen MR) is 96.9 cm³/mol. The summed E-state index contributed by atoms with van der Waals surface area (Å²) >= 11 is 6.12. The van der Waals surface area contributed by atoms with Crippen LogP contribution in [0.25, 0.3) is 0 Å². The highest BCUT2D eigenvalue weighted by Gasteiger charge is 2.41. The van der Waals surface area contributed by atoms with Gasteiger partial charge in [0.1, 0.15) is 0 Å². The number of benzene rings is 1. The molecular formula is C20H27ClN2O. The smallest absolute Gasteiger partial charge is 0.239 e. The van der Waals surface area contributed by atoms with Gasteiger partial charge < -0.3 is 4.90 Å². The van der Waals surface area contributed by atoms with Gasteiger partial charge in [-0.3, -0.25) is 9.69 Å². The summed E-state index contributed by atoms with van der Waals surface area (Å²) in [5, 5.41) is 0.778. The molecule has 1 amide bonds. The Morgan fingerprint density at radius 3 is 2.79 bits per heavy atom. The van der Waals surface area contributed by atoms with Gasteiger partial charge in [0.2, 0.25) is 5.91 Å². The first-order chi connectivity index (χ1) is 11.7. The van der Waals surface area contributed by atoms with Crippen LogP contribution in [0.1, 0.15) is 44.1 Å². The summed E-state index contributed by atoms with van der Waals surface area (Å²) in [6.07, 6.45) is 7.57. The van der Waals surface area contributed by atoms with Crippen LogP contribution in [0, 0.1) is 11.8 Å². The van der Waals surface area contributed by atoms with Gasteiger partial charge in [-0.1, -0.05) is 36.6 Å². The van der Waals surface area contributed by atoms with Crippen molar-refractivity contribution >= 4 is 17.5 Å². The molecule has 0 N–H and O–H groups in total. The highest BCUT2D eigenvalue weighted by atomic mass is 35.5. The second-order valence-corrected chi connectivity index (χ2v) is 8.34. The molecule has 2 atom stereocenters. The van der Waals surface area contributed by atoms with E-state index in [0.29, 0.717) is 11.8 Å². The minimum Gasteiger partial charge on any atom is -0.341 e. The van der Waals surface area contributed by atoms with Crippen LogP contribution in [0.15, 0.2) is 24.3 Å². The van der Waals surface area contributed by atoms with E-state index in [-0.39, 0.29) is 6.04 Å². The number of carbonyl (C=O) groups is 1. The average Bonchev–Trinajstić information content (AvgIpc) is 3.07. The number of likely N-dealkylation sites (tertiary alicyclic amines) is 2. The molecular weight excluding hydrogens is 320 g/mol. The SMILES string of the molecule is O=C1[C@H]2C[C@H](CCN2Cc2cccc(Cl)c2)CN1CC1CCCC1. The molecule has 0 unspecified atom stereocenters. The lowest BCUT2D eigenvalue weighted by Crippen LogP contribution is -2.59. The van der Waals surface area contributed by atoms with Crippen molar-refractivity contribution in [3.63, 3.8) is 0 Å². The third-order valence-electron chi connectivity index (χ3n) is 6.13. The van der Waals surface area contributed by atoms with Crippen molar-refractivity contribution in [1.82, 2.24) is 9.80 Å². The van der Waals surface area contributed by atoms with Gasteiger partial charge in [-0.2, -0.15) is 0 Å². The molecule has 3 fully saturated rings. The van der Waals surface area contributed by atoms with Crippen molar-refractivity contribution in [2.24, 2.45) is 11.8 Å². The normalized spacial score (nSPS) is 28.5. The van der Waals surface area contributed by atoms with E-state index in [2.05, 4.69) is 15.9 Å². The topological polar surface area (TPSA) is 23.6 Å².